The highest BCUT2D eigenvalue weighted by molar-refractivity contribution is 5.82. The van der Waals surface area contributed by atoms with Crippen molar-refractivity contribution >= 4 is 5.84 Å². The zero-order valence-corrected chi connectivity index (χ0v) is 7.86. The Balaban J connectivity index is 2.17. The van der Waals surface area contributed by atoms with Crippen molar-refractivity contribution in [3.63, 3.8) is 0 Å². The first-order valence-electron chi connectivity index (χ1n) is 4.52. The third-order valence-electron chi connectivity index (χ3n) is 2.26. The summed E-state index contributed by atoms with van der Waals surface area (Å²) in [5.74, 6) is 0.331. The first-order chi connectivity index (χ1) is 6.24. The van der Waals surface area contributed by atoms with Crippen LogP contribution in [0.15, 0.2) is 5.16 Å². The molecule has 0 radical (unpaired) electrons. The number of ether oxygens (including phenoxy) is 1. The molecule has 2 unspecified atom stereocenters. The average Bonchev–Trinajstić information content (AvgIpc) is 2.65. The quantitative estimate of drug-likeness (QED) is 0.245. The smallest absolute Gasteiger partial charge is 0.143 e. The maximum atomic E-state index is 8.41. The van der Waals surface area contributed by atoms with Crippen LogP contribution >= 0.6 is 0 Å². The molecule has 13 heavy (non-hydrogen) atoms. The van der Waals surface area contributed by atoms with E-state index in [-0.39, 0.29) is 11.8 Å². The van der Waals surface area contributed by atoms with Crippen LogP contribution < -0.4 is 11.1 Å². The molecule has 1 heterocycles. The second kappa shape index (κ2) is 5.04. The number of nitrogens with zero attached hydrogens (tertiary/aromatic N) is 1. The molecule has 0 aromatic heterocycles. The normalized spacial score (nSPS) is 26.2. The lowest BCUT2D eigenvalue weighted by molar-refractivity contribution is 0.189. The van der Waals surface area contributed by atoms with Crippen LogP contribution in [0.2, 0.25) is 0 Å². The van der Waals surface area contributed by atoms with E-state index >= 15 is 0 Å². The highest BCUT2D eigenvalue weighted by atomic mass is 16.5. The van der Waals surface area contributed by atoms with E-state index in [9.17, 15) is 0 Å². The predicted octanol–water partition coefficient (Wildman–Crippen LogP) is -0.253. The zero-order valence-electron chi connectivity index (χ0n) is 7.86. The van der Waals surface area contributed by atoms with Gasteiger partial charge in [0.15, 0.2) is 0 Å². The highest BCUT2D eigenvalue weighted by Gasteiger charge is 2.16. The number of nitrogens with one attached hydrogen (secondary N) is 1. The summed E-state index contributed by atoms with van der Waals surface area (Å²) < 4.78 is 5.20. The van der Waals surface area contributed by atoms with Crippen molar-refractivity contribution in [3.8, 4) is 0 Å². The fourth-order valence-electron chi connectivity index (χ4n) is 1.24. The van der Waals surface area contributed by atoms with Gasteiger partial charge in [0.05, 0.1) is 6.61 Å². The van der Waals surface area contributed by atoms with Crippen molar-refractivity contribution in [2.24, 2.45) is 16.8 Å². The summed E-state index contributed by atoms with van der Waals surface area (Å²) in [6, 6.07) is 0.425. The number of amidine groups is 1. The molecule has 1 saturated heterocycles. The molecule has 0 aromatic carbocycles. The van der Waals surface area contributed by atoms with E-state index < -0.39 is 0 Å². The first kappa shape index (κ1) is 10.3. The molecule has 0 spiro atoms. The van der Waals surface area contributed by atoms with Gasteiger partial charge in [-0.25, -0.2) is 0 Å². The van der Waals surface area contributed by atoms with Crippen molar-refractivity contribution in [1.29, 1.82) is 0 Å². The number of rotatable bonds is 4. The van der Waals surface area contributed by atoms with Crippen molar-refractivity contribution in [2.75, 3.05) is 19.8 Å². The third-order valence-corrected chi connectivity index (χ3v) is 2.26. The van der Waals surface area contributed by atoms with Crippen LogP contribution in [0.4, 0.5) is 0 Å². The minimum Gasteiger partial charge on any atom is -0.409 e. The molecule has 0 amide bonds. The van der Waals surface area contributed by atoms with E-state index in [1.54, 1.807) is 0 Å². The van der Waals surface area contributed by atoms with Crippen LogP contribution in [-0.2, 0) is 4.74 Å². The summed E-state index contributed by atoms with van der Waals surface area (Å²) in [7, 11) is 0. The molecule has 1 rings (SSSR count). The van der Waals surface area contributed by atoms with E-state index in [0.29, 0.717) is 6.04 Å². The van der Waals surface area contributed by atoms with Gasteiger partial charge in [-0.2, -0.15) is 0 Å². The van der Waals surface area contributed by atoms with Gasteiger partial charge >= 0.3 is 0 Å². The van der Waals surface area contributed by atoms with Crippen molar-refractivity contribution in [3.05, 3.63) is 0 Å². The van der Waals surface area contributed by atoms with Gasteiger partial charge < -0.3 is 21.0 Å². The number of oxime groups is 1. The van der Waals surface area contributed by atoms with Gasteiger partial charge in [-0.15, -0.1) is 0 Å². The van der Waals surface area contributed by atoms with Crippen LogP contribution in [0, 0.1) is 5.92 Å². The minimum atomic E-state index is 0.0607. The van der Waals surface area contributed by atoms with Crippen LogP contribution in [0.3, 0.4) is 0 Å². The van der Waals surface area contributed by atoms with Gasteiger partial charge in [0.25, 0.3) is 0 Å². The monoisotopic (exact) mass is 187 g/mol. The summed E-state index contributed by atoms with van der Waals surface area (Å²) >= 11 is 0. The largest absolute Gasteiger partial charge is 0.409 e. The van der Waals surface area contributed by atoms with Crippen molar-refractivity contribution < 1.29 is 9.94 Å². The van der Waals surface area contributed by atoms with Crippen LogP contribution in [0.1, 0.15) is 13.3 Å². The number of nitrogens with two attached hydrogens (primary N) is 1. The molecule has 1 aliphatic heterocycles. The Morgan fingerprint density at radius 2 is 2.62 bits per heavy atom. The van der Waals surface area contributed by atoms with E-state index in [0.717, 1.165) is 26.2 Å². The van der Waals surface area contributed by atoms with Crippen LogP contribution in [0.5, 0.6) is 0 Å². The van der Waals surface area contributed by atoms with Gasteiger partial charge in [-0.1, -0.05) is 12.1 Å². The molecule has 0 saturated carbocycles. The van der Waals surface area contributed by atoms with Gasteiger partial charge in [0.1, 0.15) is 5.84 Å². The molecule has 4 N–H and O–H groups in total. The van der Waals surface area contributed by atoms with Gasteiger partial charge in [0.2, 0.25) is 0 Å². The molecule has 5 heteroatoms. The molecule has 1 fully saturated rings. The number of hydrogen-bond donors (Lipinski definition) is 3. The predicted molar refractivity (Wildman–Crippen MR) is 49.8 cm³/mol. The fourth-order valence-corrected chi connectivity index (χ4v) is 1.24. The SMILES string of the molecule is CC(CNC1CCOC1)C(N)=NO. The minimum absolute atomic E-state index is 0.0607. The Kier molecular flexibility index (Phi) is 3.98. The molecular weight excluding hydrogens is 170 g/mol. The molecule has 1 aliphatic rings. The van der Waals surface area contributed by atoms with Crippen LogP contribution in [-0.4, -0.2) is 36.8 Å². The van der Waals surface area contributed by atoms with E-state index in [1.807, 2.05) is 6.92 Å². The summed E-state index contributed by atoms with van der Waals surface area (Å²) in [5, 5.41) is 14.7. The standard InChI is InChI=1S/C8H17N3O2/c1-6(8(9)11-12)4-10-7-2-3-13-5-7/h6-7,10,12H,2-5H2,1H3,(H2,9,11). The van der Waals surface area contributed by atoms with Crippen molar-refractivity contribution in [1.82, 2.24) is 5.32 Å². The summed E-state index contributed by atoms with van der Waals surface area (Å²) in [6.07, 6.45) is 1.04. The Morgan fingerprint density at radius 3 is 3.15 bits per heavy atom. The van der Waals surface area contributed by atoms with Gasteiger partial charge in [-0.05, 0) is 6.42 Å². The Morgan fingerprint density at radius 1 is 1.85 bits per heavy atom. The molecule has 0 bridgehead atoms. The third kappa shape index (κ3) is 3.20. The molecule has 5 nitrogen and oxygen atoms in total. The summed E-state index contributed by atoms with van der Waals surface area (Å²) in [5.41, 5.74) is 5.43. The highest BCUT2D eigenvalue weighted by Crippen LogP contribution is 2.04. The summed E-state index contributed by atoms with van der Waals surface area (Å²) in [6.45, 7) is 4.24. The second-order valence-electron chi connectivity index (χ2n) is 3.39. The summed E-state index contributed by atoms with van der Waals surface area (Å²) in [4.78, 5) is 0. The topological polar surface area (TPSA) is 79.9 Å². The lowest BCUT2D eigenvalue weighted by Gasteiger charge is -2.14. The molecule has 0 aromatic rings. The Bertz CT molecular complexity index is 178. The van der Waals surface area contributed by atoms with Gasteiger partial charge in [-0.3, -0.25) is 0 Å². The van der Waals surface area contributed by atoms with Gasteiger partial charge in [0, 0.05) is 25.1 Å². The van der Waals surface area contributed by atoms with Crippen LogP contribution in [0.25, 0.3) is 0 Å². The Hall–Kier alpha value is -0.810. The lowest BCUT2D eigenvalue weighted by atomic mass is 10.1. The fraction of sp³-hybridized carbons (Fsp3) is 0.875. The second-order valence-corrected chi connectivity index (χ2v) is 3.39. The first-order valence-corrected chi connectivity index (χ1v) is 4.52. The zero-order chi connectivity index (χ0) is 9.68. The molecule has 2 atom stereocenters. The average molecular weight is 187 g/mol. The van der Waals surface area contributed by atoms with E-state index in [2.05, 4.69) is 10.5 Å². The maximum absolute atomic E-state index is 8.41. The van der Waals surface area contributed by atoms with Crippen molar-refractivity contribution in [2.45, 2.75) is 19.4 Å². The lowest BCUT2D eigenvalue weighted by Crippen LogP contribution is -2.37. The molecular formula is C8H17N3O2. The maximum Gasteiger partial charge on any atom is 0.143 e. The number of hydrogen-bond acceptors (Lipinski definition) is 4. The Labute approximate surface area is 77.9 Å². The molecule has 76 valence electrons. The van der Waals surface area contributed by atoms with E-state index in [1.165, 1.54) is 0 Å². The molecule has 0 aliphatic carbocycles. The van der Waals surface area contributed by atoms with E-state index in [4.69, 9.17) is 15.7 Å².